The van der Waals surface area contributed by atoms with E-state index in [1.54, 1.807) is 13.3 Å². The quantitative estimate of drug-likeness (QED) is 0.870. The van der Waals surface area contributed by atoms with Crippen LogP contribution in [0, 0.1) is 19.8 Å². The van der Waals surface area contributed by atoms with Crippen LogP contribution in [0.1, 0.15) is 30.7 Å². The third-order valence-electron chi connectivity index (χ3n) is 3.50. The van der Waals surface area contributed by atoms with Gasteiger partial charge in [0.05, 0.1) is 17.5 Å². The molecule has 0 bridgehead atoms. The number of nitrogens with zero attached hydrogens (tertiary/aromatic N) is 2. The molecule has 2 rings (SSSR count). The Morgan fingerprint density at radius 1 is 1.41 bits per heavy atom. The molecular weight excluding hydrogens is 214 g/mol. The summed E-state index contributed by atoms with van der Waals surface area (Å²) in [4.78, 5) is 8.78. The molecule has 0 unspecified atom stereocenters. The smallest absolute Gasteiger partial charge is 0.147 e. The van der Waals surface area contributed by atoms with Gasteiger partial charge in [-0.2, -0.15) is 0 Å². The Hall–Kier alpha value is -1.16. The molecular formula is C13H21N3O. The van der Waals surface area contributed by atoms with E-state index in [-0.39, 0.29) is 0 Å². The van der Waals surface area contributed by atoms with Crippen molar-refractivity contribution >= 4 is 5.82 Å². The number of hydrogen-bond donors (Lipinski definition) is 1. The van der Waals surface area contributed by atoms with Gasteiger partial charge in [0.2, 0.25) is 0 Å². The summed E-state index contributed by atoms with van der Waals surface area (Å²) in [6.07, 6.45) is 5.89. The van der Waals surface area contributed by atoms with Crippen molar-refractivity contribution in [1.82, 2.24) is 9.97 Å². The van der Waals surface area contributed by atoms with E-state index in [2.05, 4.69) is 15.3 Å². The van der Waals surface area contributed by atoms with Gasteiger partial charge < -0.3 is 10.1 Å². The Morgan fingerprint density at radius 2 is 2.24 bits per heavy atom. The van der Waals surface area contributed by atoms with E-state index < -0.39 is 0 Å². The normalized spacial score (nSPS) is 23.9. The summed E-state index contributed by atoms with van der Waals surface area (Å²) in [7, 11) is 1.81. The van der Waals surface area contributed by atoms with E-state index in [1.165, 1.54) is 19.3 Å². The molecule has 4 nitrogen and oxygen atoms in total. The number of methoxy groups -OCH3 is 1. The van der Waals surface area contributed by atoms with Gasteiger partial charge >= 0.3 is 0 Å². The minimum Gasteiger partial charge on any atom is -0.381 e. The number of aryl methyl sites for hydroxylation is 2. The first kappa shape index (κ1) is 12.3. The average molecular weight is 235 g/mol. The second-order valence-corrected chi connectivity index (χ2v) is 4.79. The van der Waals surface area contributed by atoms with E-state index in [0.29, 0.717) is 12.0 Å². The van der Waals surface area contributed by atoms with Gasteiger partial charge in [0.15, 0.2) is 0 Å². The largest absolute Gasteiger partial charge is 0.381 e. The minimum absolute atomic E-state index is 0.403. The van der Waals surface area contributed by atoms with E-state index in [1.807, 2.05) is 13.8 Å². The molecule has 1 aliphatic rings. The van der Waals surface area contributed by atoms with Crippen molar-refractivity contribution in [3.8, 4) is 0 Å². The van der Waals surface area contributed by atoms with Crippen LogP contribution in [-0.2, 0) is 4.74 Å². The third kappa shape index (κ3) is 2.94. The zero-order chi connectivity index (χ0) is 12.3. The number of nitrogens with one attached hydrogen (secondary N) is 1. The van der Waals surface area contributed by atoms with Gasteiger partial charge in [-0.25, -0.2) is 4.98 Å². The van der Waals surface area contributed by atoms with Gasteiger partial charge in [-0.05, 0) is 26.7 Å². The summed E-state index contributed by atoms with van der Waals surface area (Å²) in [5.41, 5.74) is 1.91. The zero-order valence-electron chi connectivity index (χ0n) is 10.9. The van der Waals surface area contributed by atoms with Gasteiger partial charge in [0, 0.05) is 25.8 Å². The number of ether oxygens (including phenoxy) is 1. The van der Waals surface area contributed by atoms with Crippen LogP contribution in [0.5, 0.6) is 0 Å². The lowest BCUT2D eigenvalue weighted by atomic mass is 10.1. The van der Waals surface area contributed by atoms with Gasteiger partial charge in [-0.3, -0.25) is 4.98 Å². The molecule has 1 aromatic rings. The Balaban J connectivity index is 1.95. The van der Waals surface area contributed by atoms with Gasteiger partial charge in [0.25, 0.3) is 0 Å². The lowest BCUT2D eigenvalue weighted by molar-refractivity contribution is 0.0755. The van der Waals surface area contributed by atoms with Crippen LogP contribution in [0.25, 0.3) is 0 Å². The highest BCUT2D eigenvalue weighted by Gasteiger charge is 2.26. The minimum atomic E-state index is 0.403. The molecule has 0 saturated heterocycles. The van der Waals surface area contributed by atoms with E-state index in [9.17, 15) is 0 Å². The van der Waals surface area contributed by atoms with Crippen molar-refractivity contribution in [2.45, 2.75) is 39.2 Å². The molecule has 1 saturated carbocycles. The van der Waals surface area contributed by atoms with Gasteiger partial charge in [-0.1, -0.05) is 6.42 Å². The first-order chi connectivity index (χ1) is 8.20. The second kappa shape index (κ2) is 5.45. The monoisotopic (exact) mass is 235 g/mol. The average Bonchev–Trinajstić information content (AvgIpc) is 2.77. The van der Waals surface area contributed by atoms with Crippen LogP contribution >= 0.6 is 0 Å². The highest BCUT2D eigenvalue weighted by Crippen LogP contribution is 2.28. The van der Waals surface area contributed by atoms with E-state index in [4.69, 9.17) is 4.74 Å². The lowest BCUT2D eigenvalue weighted by Crippen LogP contribution is -2.24. The molecule has 0 aliphatic heterocycles. The predicted octanol–water partition coefficient (Wildman–Crippen LogP) is 2.32. The SMILES string of the molecule is CO[C@@H]1CCC[C@H]1CNc1nc(C)cnc1C. The fourth-order valence-corrected chi connectivity index (χ4v) is 2.48. The number of aromatic nitrogens is 2. The van der Waals surface area contributed by atoms with Gasteiger partial charge in [0.1, 0.15) is 5.82 Å². The highest BCUT2D eigenvalue weighted by atomic mass is 16.5. The number of anilines is 1. The summed E-state index contributed by atoms with van der Waals surface area (Å²) in [6, 6.07) is 0. The van der Waals surface area contributed by atoms with Crippen molar-refractivity contribution in [2.75, 3.05) is 19.0 Å². The van der Waals surface area contributed by atoms with Gasteiger partial charge in [-0.15, -0.1) is 0 Å². The summed E-state index contributed by atoms with van der Waals surface area (Å²) < 4.78 is 5.49. The molecule has 1 aliphatic carbocycles. The topological polar surface area (TPSA) is 47.0 Å². The molecule has 0 amide bonds. The molecule has 94 valence electrons. The fourth-order valence-electron chi connectivity index (χ4n) is 2.48. The summed E-state index contributed by atoms with van der Waals surface area (Å²) in [5.74, 6) is 1.51. The molecule has 1 heterocycles. The van der Waals surface area contributed by atoms with Crippen molar-refractivity contribution in [1.29, 1.82) is 0 Å². The molecule has 1 fully saturated rings. The molecule has 17 heavy (non-hydrogen) atoms. The van der Waals surface area contributed by atoms with E-state index >= 15 is 0 Å². The molecule has 2 atom stereocenters. The standard InChI is InChI=1S/C13H21N3O/c1-9-7-14-10(2)13(16-9)15-8-11-5-4-6-12(11)17-3/h7,11-12H,4-6,8H2,1-3H3,(H,15,16)/t11-,12+/m0/s1. The van der Waals surface area contributed by atoms with Crippen molar-refractivity contribution < 1.29 is 4.74 Å². The molecule has 0 spiro atoms. The zero-order valence-corrected chi connectivity index (χ0v) is 10.9. The molecule has 0 aromatic carbocycles. The molecule has 0 radical (unpaired) electrons. The third-order valence-corrected chi connectivity index (χ3v) is 3.50. The maximum absolute atomic E-state index is 5.49. The maximum atomic E-state index is 5.49. The first-order valence-electron chi connectivity index (χ1n) is 6.27. The van der Waals surface area contributed by atoms with E-state index in [0.717, 1.165) is 23.8 Å². The Bertz CT molecular complexity index is 381. The summed E-state index contributed by atoms with van der Waals surface area (Å²) in [6.45, 7) is 4.87. The van der Waals surface area contributed by atoms with Crippen LogP contribution in [0.15, 0.2) is 6.20 Å². The Labute approximate surface area is 103 Å². The van der Waals surface area contributed by atoms with Crippen LogP contribution in [0.3, 0.4) is 0 Å². The summed E-state index contributed by atoms with van der Waals surface area (Å²) in [5, 5.41) is 3.41. The molecule has 4 heteroatoms. The predicted molar refractivity (Wildman–Crippen MR) is 68.1 cm³/mol. The first-order valence-corrected chi connectivity index (χ1v) is 6.27. The highest BCUT2D eigenvalue weighted by molar-refractivity contribution is 5.39. The second-order valence-electron chi connectivity index (χ2n) is 4.79. The molecule has 1 aromatic heterocycles. The number of rotatable bonds is 4. The van der Waals surface area contributed by atoms with Crippen LogP contribution in [0.4, 0.5) is 5.82 Å². The van der Waals surface area contributed by atoms with Crippen molar-refractivity contribution in [3.63, 3.8) is 0 Å². The van der Waals surface area contributed by atoms with Crippen LogP contribution < -0.4 is 5.32 Å². The maximum Gasteiger partial charge on any atom is 0.147 e. The van der Waals surface area contributed by atoms with Crippen LogP contribution in [0.2, 0.25) is 0 Å². The Morgan fingerprint density at radius 3 is 3.00 bits per heavy atom. The van der Waals surface area contributed by atoms with Crippen molar-refractivity contribution in [3.05, 3.63) is 17.6 Å². The lowest BCUT2D eigenvalue weighted by Gasteiger charge is -2.19. The Kier molecular flexibility index (Phi) is 3.94. The van der Waals surface area contributed by atoms with Crippen molar-refractivity contribution in [2.24, 2.45) is 5.92 Å². The molecule has 1 N–H and O–H groups in total. The number of hydrogen-bond acceptors (Lipinski definition) is 4. The van der Waals surface area contributed by atoms with Crippen LogP contribution in [-0.4, -0.2) is 29.7 Å². The summed E-state index contributed by atoms with van der Waals surface area (Å²) >= 11 is 0. The fraction of sp³-hybridized carbons (Fsp3) is 0.692.